The molecule has 19 heavy (non-hydrogen) atoms. The Labute approximate surface area is 123 Å². The van der Waals surface area contributed by atoms with E-state index in [1.165, 1.54) is 16.6 Å². The van der Waals surface area contributed by atoms with Crippen molar-refractivity contribution in [2.24, 2.45) is 5.73 Å². The van der Waals surface area contributed by atoms with E-state index in [-0.39, 0.29) is 34.2 Å². The van der Waals surface area contributed by atoms with Gasteiger partial charge < -0.3 is 11.5 Å². The Bertz CT molecular complexity index is 552. The fourth-order valence-electron chi connectivity index (χ4n) is 1.97. The Hall–Kier alpha value is -0.600. The minimum atomic E-state index is -3.67. The SMILES string of the molecule is Cl.Nc1ncc(Cl)cc1S(=O)(=O)N1CCCC(N)C1. The molecule has 4 N–H and O–H groups in total. The van der Waals surface area contributed by atoms with Crippen LogP contribution >= 0.6 is 24.0 Å². The molecular weight excluding hydrogens is 311 g/mol. The van der Waals surface area contributed by atoms with Crippen LogP contribution in [0.4, 0.5) is 5.82 Å². The highest BCUT2D eigenvalue weighted by Gasteiger charge is 2.30. The van der Waals surface area contributed by atoms with Crippen molar-refractivity contribution in [3.63, 3.8) is 0 Å². The molecule has 6 nitrogen and oxygen atoms in total. The first-order chi connectivity index (χ1) is 8.41. The third-order valence-corrected chi connectivity index (χ3v) is 4.99. The molecule has 2 heterocycles. The molecule has 1 saturated heterocycles. The van der Waals surface area contributed by atoms with Gasteiger partial charge in [-0.25, -0.2) is 13.4 Å². The van der Waals surface area contributed by atoms with Gasteiger partial charge in [0.25, 0.3) is 0 Å². The lowest BCUT2D eigenvalue weighted by molar-refractivity contribution is 0.316. The summed E-state index contributed by atoms with van der Waals surface area (Å²) in [5, 5.41) is 0.240. The first kappa shape index (κ1) is 16.5. The van der Waals surface area contributed by atoms with Crippen molar-refractivity contribution in [1.82, 2.24) is 9.29 Å². The van der Waals surface area contributed by atoms with Gasteiger partial charge in [-0.2, -0.15) is 4.31 Å². The second-order valence-electron chi connectivity index (χ2n) is 4.30. The molecule has 2 rings (SSSR count). The van der Waals surface area contributed by atoms with Gasteiger partial charge in [-0.05, 0) is 18.9 Å². The number of piperidine rings is 1. The number of aromatic nitrogens is 1. The maximum atomic E-state index is 12.4. The molecule has 0 saturated carbocycles. The lowest BCUT2D eigenvalue weighted by Crippen LogP contribution is -2.45. The van der Waals surface area contributed by atoms with E-state index in [0.29, 0.717) is 13.1 Å². The van der Waals surface area contributed by atoms with Crippen LogP contribution in [0.3, 0.4) is 0 Å². The molecule has 1 fully saturated rings. The Kier molecular flexibility index (Phi) is 5.40. The van der Waals surface area contributed by atoms with Gasteiger partial charge >= 0.3 is 0 Å². The molecule has 0 amide bonds. The summed E-state index contributed by atoms with van der Waals surface area (Å²) in [6, 6.07) is 1.18. The number of hydrogen-bond donors (Lipinski definition) is 2. The molecule has 0 aliphatic carbocycles. The van der Waals surface area contributed by atoms with Crippen molar-refractivity contribution in [1.29, 1.82) is 0 Å². The summed E-state index contributed by atoms with van der Waals surface area (Å²) >= 11 is 5.76. The topological polar surface area (TPSA) is 102 Å². The largest absolute Gasteiger partial charge is 0.383 e. The van der Waals surface area contributed by atoms with Crippen molar-refractivity contribution < 1.29 is 8.42 Å². The number of nitrogens with two attached hydrogens (primary N) is 2. The van der Waals surface area contributed by atoms with Crippen LogP contribution in [-0.4, -0.2) is 36.8 Å². The molecule has 1 aromatic rings. The number of halogens is 2. The van der Waals surface area contributed by atoms with E-state index in [4.69, 9.17) is 23.1 Å². The fraction of sp³-hybridized carbons (Fsp3) is 0.500. The maximum Gasteiger partial charge on any atom is 0.246 e. The van der Waals surface area contributed by atoms with Crippen molar-refractivity contribution in [2.75, 3.05) is 18.8 Å². The summed E-state index contributed by atoms with van der Waals surface area (Å²) in [6.45, 7) is 0.746. The quantitative estimate of drug-likeness (QED) is 0.838. The second-order valence-corrected chi connectivity index (χ2v) is 6.65. The summed E-state index contributed by atoms with van der Waals surface area (Å²) in [5.41, 5.74) is 11.4. The zero-order valence-electron chi connectivity index (χ0n) is 10.1. The van der Waals surface area contributed by atoms with Gasteiger partial charge in [-0.1, -0.05) is 11.6 Å². The molecule has 1 aliphatic rings. The van der Waals surface area contributed by atoms with Crippen molar-refractivity contribution in [3.8, 4) is 0 Å². The zero-order valence-corrected chi connectivity index (χ0v) is 12.5. The summed E-state index contributed by atoms with van der Waals surface area (Å²) in [7, 11) is -3.67. The highest BCUT2D eigenvalue weighted by molar-refractivity contribution is 7.89. The minimum Gasteiger partial charge on any atom is -0.383 e. The van der Waals surface area contributed by atoms with E-state index in [9.17, 15) is 8.42 Å². The highest BCUT2D eigenvalue weighted by Crippen LogP contribution is 2.25. The van der Waals surface area contributed by atoms with E-state index >= 15 is 0 Å². The lowest BCUT2D eigenvalue weighted by atomic mass is 10.1. The second kappa shape index (κ2) is 6.23. The smallest absolute Gasteiger partial charge is 0.246 e. The molecular formula is C10H16Cl2N4O2S. The number of pyridine rings is 1. The standard InChI is InChI=1S/C10H15ClN4O2S.ClH/c11-7-4-9(10(13)14-5-7)18(16,17)15-3-1-2-8(12)6-15;/h4-5,8H,1-3,6,12H2,(H2,13,14);1H. The third kappa shape index (κ3) is 3.49. The van der Waals surface area contributed by atoms with E-state index in [0.717, 1.165) is 12.8 Å². The minimum absolute atomic E-state index is 0. The van der Waals surface area contributed by atoms with Crippen LogP contribution in [0.15, 0.2) is 17.2 Å². The van der Waals surface area contributed by atoms with E-state index in [2.05, 4.69) is 4.98 Å². The first-order valence-electron chi connectivity index (χ1n) is 5.58. The van der Waals surface area contributed by atoms with Crippen LogP contribution in [0.2, 0.25) is 5.02 Å². The number of hydrogen-bond acceptors (Lipinski definition) is 5. The van der Waals surface area contributed by atoms with Crippen molar-refractivity contribution in [2.45, 2.75) is 23.8 Å². The number of rotatable bonds is 2. The molecule has 1 aromatic heterocycles. The molecule has 108 valence electrons. The van der Waals surface area contributed by atoms with Gasteiger partial charge in [0.1, 0.15) is 10.7 Å². The van der Waals surface area contributed by atoms with Crippen LogP contribution in [0, 0.1) is 0 Å². The Balaban J connectivity index is 0.00000180. The van der Waals surface area contributed by atoms with Crippen LogP contribution in [0.1, 0.15) is 12.8 Å². The summed E-state index contributed by atoms with van der Waals surface area (Å²) in [4.78, 5) is 3.72. The van der Waals surface area contributed by atoms with Crippen molar-refractivity contribution >= 4 is 39.8 Å². The predicted molar refractivity (Wildman–Crippen MR) is 76.9 cm³/mol. The van der Waals surface area contributed by atoms with Crippen LogP contribution in [0.5, 0.6) is 0 Å². The van der Waals surface area contributed by atoms with Gasteiger partial charge in [-0.15, -0.1) is 12.4 Å². The Morgan fingerprint density at radius 3 is 2.79 bits per heavy atom. The molecule has 0 radical (unpaired) electrons. The summed E-state index contributed by atoms with van der Waals surface area (Å²) < 4.78 is 26.1. The summed E-state index contributed by atoms with van der Waals surface area (Å²) in [6.07, 6.45) is 2.89. The number of sulfonamides is 1. The van der Waals surface area contributed by atoms with Gasteiger partial charge in [-0.3, -0.25) is 0 Å². The van der Waals surface area contributed by atoms with Gasteiger partial charge in [0.05, 0.1) is 5.02 Å². The average Bonchev–Trinajstić information content (AvgIpc) is 2.32. The predicted octanol–water partition coefficient (Wildman–Crippen LogP) is 0.851. The first-order valence-corrected chi connectivity index (χ1v) is 7.40. The van der Waals surface area contributed by atoms with Crippen LogP contribution < -0.4 is 11.5 Å². The number of nitrogens with zero attached hydrogens (tertiary/aromatic N) is 2. The van der Waals surface area contributed by atoms with Crippen LogP contribution in [0.25, 0.3) is 0 Å². The summed E-state index contributed by atoms with van der Waals surface area (Å²) in [5.74, 6) is -0.0430. The maximum absolute atomic E-state index is 12.4. The third-order valence-electron chi connectivity index (χ3n) is 2.89. The monoisotopic (exact) mass is 326 g/mol. The fourth-order valence-corrected chi connectivity index (χ4v) is 3.82. The molecule has 9 heteroatoms. The van der Waals surface area contributed by atoms with Crippen LogP contribution in [-0.2, 0) is 10.0 Å². The van der Waals surface area contributed by atoms with E-state index in [1.54, 1.807) is 0 Å². The number of nitrogen functional groups attached to an aromatic ring is 1. The molecule has 1 atom stereocenters. The zero-order chi connectivity index (χ0) is 13.3. The molecule has 1 aliphatic heterocycles. The molecule has 0 aromatic carbocycles. The van der Waals surface area contributed by atoms with Gasteiger partial charge in [0.15, 0.2) is 0 Å². The van der Waals surface area contributed by atoms with Gasteiger partial charge in [0, 0.05) is 25.3 Å². The van der Waals surface area contributed by atoms with E-state index in [1.807, 2.05) is 0 Å². The Morgan fingerprint density at radius 1 is 1.47 bits per heavy atom. The number of anilines is 1. The average molecular weight is 327 g/mol. The Morgan fingerprint density at radius 2 is 2.16 bits per heavy atom. The molecule has 1 unspecified atom stereocenters. The molecule has 0 bridgehead atoms. The van der Waals surface area contributed by atoms with Crippen molar-refractivity contribution in [3.05, 3.63) is 17.3 Å². The van der Waals surface area contributed by atoms with E-state index < -0.39 is 10.0 Å². The lowest BCUT2D eigenvalue weighted by Gasteiger charge is -2.30. The normalized spacial score (nSPS) is 20.8. The molecule has 0 spiro atoms. The van der Waals surface area contributed by atoms with Gasteiger partial charge in [0.2, 0.25) is 10.0 Å². The highest BCUT2D eigenvalue weighted by atomic mass is 35.5.